The molecule has 2 aromatic rings. The van der Waals surface area contributed by atoms with Crippen LogP contribution in [-0.4, -0.2) is 19.3 Å². The second-order valence-electron chi connectivity index (χ2n) is 5.17. The summed E-state index contributed by atoms with van der Waals surface area (Å²) in [5.41, 5.74) is 0.775. The Morgan fingerprint density at radius 3 is 2.83 bits per heavy atom. The SMILES string of the molecule is CNC(c1cc2ccccc2o1)C1(C)CCCO1. The molecule has 1 aliphatic rings. The van der Waals surface area contributed by atoms with Crippen molar-refractivity contribution in [1.29, 1.82) is 0 Å². The van der Waals surface area contributed by atoms with Crippen LogP contribution in [-0.2, 0) is 4.74 Å². The Morgan fingerprint density at radius 2 is 2.17 bits per heavy atom. The van der Waals surface area contributed by atoms with Gasteiger partial charge in [0.05, 0.1) is 11.6 Å². The minimum absolute atomic E-state index is 0.104. The number of nitrogens with one attached hydrogen (secondary N) is 1. The number of hydrogen-bond donors (Lipinski definition) is 1. The zero-order valence-electron chi connectivity index (χ0n) is 10.9. The first-order valence-corrected chi connectivity index (χ1v) is 6.53. The smallest absolute Gasteiger partial charge is 0.134 e. The number of furan rings is 1. The molecule has 1 N–H and O–H groups in total. The average molecular weight is 245 g/mol. The molecule has 0 radical (unpaired) electrons. The fourth-order valence-electron chi connectivity index (χ4n) is 2.92. The summed E-state index contributed by atoms with van der Waals surface area (Å²) in [4.78, 5) is 0. The summed E-state index contributed by atoms with van der Waals surface area (Å²) in [6.45, 7) is 3.00. The second kappa shape index (κ2) is 4.41. The van der Waals surface area contributed by atoms with Crippen molar-refractivity contribution in [2.24, 2.45) is 0 Å². The predicted octanol–water partition coefficient (Wildman–Crippen LogP) is 3.26. The van der Waals surface area contributed by atoms with Gasteiger partial charge in [-0.1, -0.05) is 18.2 Å². The summed E-state index contributed by atoms with van der Waals surface area (Å²) in [5.74, 6) is 0.961. The van der Waals surface area contributed by atoms with E-state index < -0.39 is 0 Å². The molecule has 1 fully saturated rings. The summed E-state index contributed by atoms with van der Waals surface area (Å²) in [5, 5.41) is 4.49. The quantitative estimate of drug-likeness (QED) is 0.901. The molecule has 1 aromatic heterocycles. The van der Waals surface area contributed by atoms with Crippen LogP contribution in [0.25, 0.3) is 11.0 Å². The van der Waals surface area contributed by atoms with E-state index in [4.69, 9.17) is 9.15 Å². The minimum Gasteiger partial charge on any atom is -0.459 e. The Balaban J connectivity index is 2.00. The maximum atomic E-state index is 5.96. The van der Waals surface area contributed by atoms with Crippen LogP contribution in [0, 0.1) is 0 Å². The summed E-state index contributed by atoms with van der Waals surface area (Å²) >= 11 is 0. The minimum atomic E-state index is -0.164. The molecule has 0 saturated carbocycles. The third kappa shape index (κ3) is 1.84. The topological polar surface area (TPSA) is 34.4 Å². The van der Waals surface area contributed by atoms with E-state index in [0.29, 0.717) is 0 Å². The van der Waals surface area contributed by atoms with E-state index in [9.17, 15) is 0 Å². The largest absolute Gasteiger partial charge is 0.459 e. The van der Waals surface area contributed by atoms with Gasteiger partial charge in [-0.15, -0.1) is 0 Å². The maximum absolute atomic E-state index is 5.96. The van der Waals surface area contributed by atoms with Gasteiger partial charge in [0.15, 0.2) is 0 Å². The molecule has 1 aromatic carbocycles. The van der Waals surface area contributed by atoms with Crippen LogP contribution in [0.3, 0.4) is 0 Å². The van der Waals surface area contributed by atoms with Crippen molar-refractivity contribution in [2.75, 3.05) is 13.7 Å². The maximum Gasteiger partial charge on any atom is 0.134 e. The number of para-hydroxylation sites is 1. The lowest BCUT2D eigenvalue weighted by Gasteiger charge is -2.31. The molecule has 0 amide bonds. The van der Waals surface area contributed by atoms with Crippen molar-refractivity contribution in [3.63, 3.8) is 0 Å². The zero-order chi connectivity index (χ0) is 12.6. The van der Waals surface area contributed by atoms with E-state index in [2.05, 4.69) is 24.4 Å². The number of hydrogen-bond acceptors (Lipinski definition) is 3. The van der Waals surface area contributed by atoms with Crippen LogP contribution in [0.2, 0.25) is 0 Å². The van der Waals surface area contributed by atoms with Crippen LogP contribution >= 0.6 is 0 Å². The highest BCUT2D eigenvalue weighted by molar-refractivity contribution is 5.77. The number of likely N-dealkylation sites (N-methyl/N-ethyl adjacent to an activating group) is 1. The molecule has 0 spiro atoms. The fourth-order valence-corrected chi connectivity index (χ4v) is 2.92. The first kappa shape index (κ1) is 11.8. The Kier molecular flexibility index (Phi) is 2.88. The lowest BCUT2D eigenvalue weighted by Crippen LogP contribution is -2.39. The van der Waals surface area contributed by atoms with Gasteiger partial charge >= 0.3 is 0 Å². The van der Waals surface area contributed by atoms with Gasteiger partial charge in [0.2, 0.25) is 0 Å². The molecule has 2 unspecified atom stereocenters. The number of ether oxygens (including phenoxy) is 1. The van der Waals surface area contributed by atoms with Crippen molar-refractivity contribution < 1.29 is 9.15 Å². The first-order valence-electron chi connectivity index (χ1n) is 6.53. The molecular formula is C15H19NO2. The van der Waals surface area contributed by atoms with Gasteiger partial charge in [0.25, 0.3) is 0 Å². The molecule has 0 bridgehead atoms. The van der Waals surface area contributed by atoms with E-state index in [1.54, 1.807) is 0 Å². The molecule has 1 saturated heterocycles. The third-order valence-electron chi connectivity index (χ3n) is 3.88. The van der Waals surface area contributed by atoms with Gasteiger partial charge in [-0.3, -0.25) is 0 Å². The Bertz CT molecular complexity index is 507. The number of rotatable bonds is 3. The Labute approximate surface area is 107 Å². The molecule has 0 aliphatic carbocycles. The molecule has 3 rings (SSSR count). The summed E-state index contributed by atoms with van der Waals surface area (Å²) < 4.78 is 11.9. The standard InChI is InChI=1S/C15H19NO2/c1-15(8-5-9-17-15)14(16-2)13-10-11-6-3-4-7-12(11)18-13/h3-4,6-7,10,14,16H,5,8-9H2,1-2H3. The normalized spacial score (nSPS) is 25.7. The predicted molar refractivity (Wildman–Crippen MR) is 71.6 cm³/mol. The fraction of sp³-hybridized carbons (Fsp3) is 0.467. The third-order valence-corrected chi connectivity index (χ3v) is 3.88. The second-order valence-corrected chi connectivity index (χ2v) is 5.17. The van der Waals surface area contributed by atoms with Crippen molar-refractivity contribution in [1.82, 2.24) is 5.32 Å². The van der Waals surface area contributed by atoms with Crippen LogP contribution < -0.4 is 5.32 Å². The van der Waals surface area contributed by atoms with Crippen molar-refractivity contribution in [3.8, 4) is 0 Å². The molecule has 96 valence electrons. The van der Waals surface area contributed by atoms with Gasteiger partial charge < -0.3 is 14.5 Å². The van der Waals surface area contributed by atoms with E-state index in [-0.39, 0.29) is 11.6 Å². The van der Waals surface area contributed by atoms with Crippen LogP contribution in [0.4, 0.5) is 0 Å². The average Bonchev–Trinajstić information content (AvgIpc) is 2.96. The number of fused-ring (bicyclic) bond motifs is 1. The lowest BCUT2D eigenvalue weighted by molar-refractivity contribution is -0.0156. The van der Waals surface area contributed by atoms with Crippen LogP contribution in [0.15, 0.2) is 34.7 Å². The van der Waals surface area contributed by atoms with Gasteiger partial charge in [0.1, 0.15) is 11.3 Å². The van der Waals surface area contributed by atoms with Gasteiger partial charge in [-0.2, -0.15) is 0 Å². The van der Waals surface area contributed by atoms with E-state index in [1.165, 1.54) is 0 Å². The highest BCUT2D eigenvalue weighted by atomic mass is 16.5. The molecule has 1 aliphatic heterocycles. The molecule has 2 heterocycles. The molecular weight excluding hydrogens is 226 g/mol. The van der Waals surface area contributed by atoms with Crippen molar-refractivity contribution >= 4 is 11.0 Å². The van der Waals surface area contributed by atoms with Crippen molar-refractivity contribution in [2.45, 2.75) is 31.4 Å². The van der Waals surface area contributed by atoms with Crippen LogP contribution in [0.1, 0.15) is 31.6 Å². The monoisotopic (exact) mass is 245 g/mol. The highest BCUT2D eigenvalue weighted by Gasteiger charge is 2.40. The highest BCUT2D eigenvalue weighted by Crippen LogP contribution is 2.38. The molecule has 3 heteroatoms. The molecule has 3 nitrogen and oxygen atoms in total. The lowest BCUT2D eigenvalue weighted by atomic mass is 9.91. The molecule has 2 atom stereocenters. The Hall–Kier alpha value is -1.32. The molecule has 18 heavy (non-hydrogen) atoms. The first-order chi connectivity index (χ1) is 8.73. The van der Waals surface area contributed by atoms with Gasteiger partial charge in [-0.05, 0) is 38.9 Å². The zero-order valence-corrected chi connectivity index (χ0v) is 10.9. The van der Waals surface area contributed by atoms with E-state index in [0.717, 1.165) is 36.2 Å². The number of benzene rings is 1. The summed E-state index contributed by atoms with van der Waals surface area (Å²) in [7, 11) is 1.96. The van der Waals surface area contributed by atoms with E-state index in [1.807, 2.05) is 25.2 Å². The van der Waals surface area contributed by atoms with E-state index >= 15 is 0 Å². The van der Waals surface area contributed by atoms with Crippen LogP contribution in [0.5, 0.6) is 0 Å². The van der Waals surface area contributed by atoms with Gasteiger partial charge in [0, 0.05) is 12.0 Å². The van der Waals surface area contributed by atoms with Crippen molar-refractivity contribution in [3.05, 3.63) is 36.1 Å². The Morgan fingerprint density at radius 1 is 1.33 bits per heavy atom. The summed E-state index contributed by atoms with van der Waals surface area (Å²) in [6.07, 6.45) is 2.18. The van der Waals surface area contributed by atoms with Gasteiger partial charge in [-0.25, -0.2) is 0 Å². The summed E-state index contributed by atoms with van der Waals surface area (Å²) in [6, 6.07) is 10.3.